The summed E-state index contributed by atoms with van der Waals surface area (Å²) in [4.78, 5) is 32.9. The summed E-state index contributed by atoms with van der Waals surface area (Å²) in [7, 11) is 0. The first-order valence-corrected chi connectivity index (χ1v) is 8.35. The van der Waals surface area contributed by atoms with E-state index in [0.29, 0.717) is 19.6 Å². The summed E-state index contributed by atoms with van der Waals surface area (Å²) >= 11 is 0. The fourth-order valence-corrected chi connectivity index (χ4v) is 3.07. The zero-order valence-electron chi connectivity index (χ0n) is 13.8. The molecule has 0 aliphatic carbocycles. The number of nitrogens with one attached hydrogen (secondary N) is 3. The number of likely N-dealkylation sites (tertiary alicyclic amines) is 1. The van der Waals surface area contributed by atoms with Crippen LogP contribution in [0.25, 0.3) is 11.0 Å². The van der Waals surface area contributed by atoms with Gasteiger partial charge in [-0.25, -0.2) is 9.78 Å². The predicted molar refractivity (Wildman–Crippen MR) is 91.7 cm³/mol. The topological polar surface area (TPSA) is 90.1 Å². The van der Waals surface area contributed by atoms with E-state index in [1.807, 2.05) is 29.2 Å². The maximum atomic E-state index is 12.3. The molecule has 2 aromatic rings. The van der Waals surface area contributed by atoms with Gasteiger partial charge >= 0.3 is 6.03 Å². The van der Waals surface area contributed by atoms with E-state index >= 15 is 0 Å². The number of carbonyl (C=O) groups is 2. The number of hydrogen-bond donors (Lipinski definition) is 3. The minimum Gasteiger partial charge on any atom is -0.355 e. The predicted octanol–water partition coefficient (Wildman–Crippen LogP) is 1.59. The Labute approximate surface area is 140 Å². The standard InChI is InChI=1S/C17H23N5O2/c1-12(23)18-8-9-19-17(24)22-10-4-5-13(11-22)16-20-14-6-2-3-7-15(14)21-16/h2-3,6-7,13H,4-5,8-11H2,1H3,(H,18,23)(H,19,24)(H,20,21)/t13-/m1/s1. The first-order valence-electron chi connectivity index (χ1n) is 8.35. The number of piperidine rings is 1. The summed E-state index contributed by atoms with van der Waals surface area (Å²) in [6, 6.07) is 7.88. The number of fused-ring (bicyclic) bond motifs is 1. The van der Waals surface area contributed by atoms with Gasteiger partial charge in [0.25, 0.3) is 0 Å². The third kappa shape index (κ3) is 3.84. The summed E-state index contributed by atoms with van der Waals surface area (Å²) < 4.78 is 0. The van der Waals surface area contributed by atoms with Gasteiger partial charge in [0.05, 0.1) is 11.0 Å². The van der Waals surface area contributed by atoms with Gasteiger partial charge < -0.3 is 20.5 Å². The van der Waals surface area contributed by atoms with Crippen molar-refractivity contribution in [2.75, 3.05) is 26.2 Å². The third-order valence-corrected chi connectivity index (χ3v) is 4.28. The molecule has 7 heteroatoms. The van der Waals surface area contributed by atoms with Gasteiger partial charge in [0.1, 0.15) is 5.82 Å². The van der Waals surface area contributed by atoms with Crippen LogP contribution in [0, 0.1) is 0 Å². The van der Waals surface area contributed by atoms with E-state index in [9.17, 15) is 9.59 Å². The molecule has 3 amide bonds. The van der Waals surface area contributed by atoms with Crippen LogP contribution in [0.2, 0.25) is 0 Å². The maximum absolute atomic E-state index is 12.3. The average molecular weight is 329 g/mol. The molecule has 0 radical (unpaired) electrons. The van der Waals surface area contributed by atoms with Crippen molar-refractivity contribution in [1.82, 2.24) is 25.5 Å². The summed E-state index contributed by atoms with van der Waals surface area (Å²) in [5.74, 6) is 1.09. The highest BCUT2D eigenvalue weighted by Gasteiger charge is 2.26. The van der Waals surface area contributed by atoms with Crippen LogP contribution in [0.5, 0.6) is 0 Å². The molecule has 3 rings (SSSR count). The lowest BCUT2D eigenvalue weighted by Crippen LogP contribution is -2.46. The molecule has 1 fully saturated rings. The molecular formula is C17H23N5O2. The molecule has 1 aliphatic rings. The van der Waals surface area contributed by atoms with Crippen LogP contribution in [-0.4, -0.2) is 53.0 Å². The van der Waals surface area contributed by atoms with Crippen LogP contribution in [0.15, 0.2) is 24.3 Å². The number of H-pyrrole nitrogens is 1. The summed E-state index contributed by atoms with van der Waals surface area (Å²) in [6.45, 7) is 3.75. The van der Waals surface area contributed by atoms with Crippen LogP contribution in [0.3, 0.4) is 0 Å². The van der Waals surface area contributed by atoms with Crippen LogP contribution < -0.4 is 10.6 Å². The van der Waals surface area contributed by atoms with E-state index in [1.54, 1.807) is 0 Å². The number of hydrogen-bond acceptors (Lipinski definition) is 3. The van der Waals surface area contributed by atoms with Crippen LogP contribution in [0.1, 0.15) is 31.5 Å². The maximum Gasteiger partial charge on any atom is 0.317 e. The number of urea groups is 1. The number of rotatable bonds is 4. The van der Waals surface area contributed by atoms with Crippen LogP contribution in [0.4, 0.5) is 4.79 Å². The normalized spacial score (nSPS) is 17.7. The fourth-order valence-electron chi connectivity index (χ4n) is 3.07. The molecule has 7 nitrogen and oxygen atoms in total. The molecule has 24 heavy (non-hydrogen) atoms. The van der Waals surface area contributed by atoms with Gasteiger partial charge in [-0.3, -0.25) is 4.79 Å². The number of aromatic amines is 1. The lowest BCUT2D eigenvalue weighted by atomic mass is 9.98. The molecule has 1 atom stereocenters. The van der Waals surface area contributed by atoms with Crippen molar-refractivity contribution >= 4 is 23.0 Å². The fraction of sp³-hybridized carbons (Fsp3) is 0.471. The Kier molecular flexibility index (Phi) is 4.98. The third-order valence-electron chi connectivity index (χ3n) is 4.28. The minimum atomic E-state index is -0.0906. The van der Waals surface area contributed by atoms with Gasteiger partial charge in [0.2, 0.25) is 5.91 Å². The first kappa shape index (κ1) is 16.3. The highest BCUT2D eigenvalue weighted by atomic mass is 16.2. The summed E-state index contributed by atoms with van der Waals surface area (Å²) in [5.41, 5.74) is 1.99. The van der Waals surface area contributed by atoms with E-state index in [4.69, 9.17) is 0 Å². The number of carbonyl (C=O) groups excluding carboxylic acids is 2. The van der Waals surface area contributed by atoms with E-state index in [2.05, 4.69) is 20.6 Å². The molecule has 1 saturated heterocycles. The van der Waals surface area contributed by atoms with E-state index < -0.39 is 0 Å². The van der Waals surface area contributed by atoms with E-state index in [0.717, 1.165) is 36.2 Å². The minimum absolute atomic E-state index is 0.0823. The van der Waals surface area contributed by atoms with Crippen LogP contribution in [-0.2, 0) is 4.79 Å². The molecule has 3 N–H and O–H groups in total. The molecule has 1 aromatic carbocycles. The molecule has 0 saturated carbocycles. The highest BCUT2D eigenvalue weighted by Crippen LogP contribution is 2.26. The molecule has 1 aromatic heterocycles. The zero-order chi connectivity index (χ0) is 16.9. The average Bonchev–Trinajstić information content (AvgIpc) is 3.02. The monoisotopic (exact) mass is 329 g/mol. The Balaban J connectivity index is 1.57. The number of nitrogens with zero attached hydrogens (tertiary/aromatic N) is 2. The molecule has 0 unspecified atom stereocenters. The Bertz CT molecular complexity index is 694. The Morgan fingerprint density at radius 2 is 2.08 bits per heavy atom. The molecule has 128 valence electrons. The second kappa shape index (κ2) is 7.33. The Hall–Kier alpha value is -2.57. The smallest absolute Gasteiger partial charge is 0.317 e. The number of benzene rings is 1. The molecular weight excluding hydrogens is 306 g/mol. The van der Waals surface area contributed by atoms with Crippen LogP contribution >= 0.6 is 0 Å². The Morgan fingerprint density at radius 3 is 2.88 bits per heavy atom. The van der Waals surface area contributed by atoms with Crippen molar-refractivity contribution in [2.45, 2.75) is 25.7 Å². The summed E-state index contributed by atoms with van der Waals surface area (Å²) in [6.07, 6.45) is 1.98. The highest BCUT2D eigenvalue weighted by molar-refractivity contribution is 5.76. The van der Waals surface area contributed by atoms with Crippen molar-refractivity contribution in [3.8, 4) is 0 Å². The van der Waals surface area contributed by atoms with Crippen molar-refractivity contribution in [3.05, 3.63) is 30.1 Å². The first-order chi connectivity index (χ1) is 11.6. The number of para-hydroxylation sites is 2. The lowest BCUT2D eigenvalue weighted by Gasteiger charge is -2.31. The molecule has 0 bridgehead atoms. The molecule has 0 spiro atoms. The zero-order valence-corrected chi connectivity index (χ0v) is 13.8. The van der Waals surface area contributed by atoms with Crippen molar-refractivity contribution < 1.29 is 9.59 Å². The largest absolute Gasteiger partial charge is 0.355 e. The van der Waals surface area contributed by atoms with Crippen molar-refractivity contribution in [3.63, 3.8) is 0 Å². The lowest BCUT2D eigenvalue weighted by molar-refractivity contribution is -0.118. The number of imidazole rings is 1. The second-order valence-corrected chi connectivity index (χ2v) is 6.14. The Morgan fingerprint density at radius 1 is 1.29 bits per heavy atom. The van der Waals surface area contributed by atoms with Gasteiger partial charge in [-0.15, -0.1) is 0 Å². The SMILES string of the molecule is CC(=O)NCCNC(=O)N1CCC[C@@H](c2nc3ccccc3[nH]2)C1. The summed E-state index contributed by atoms with van der Waals surface area (Å²) in [5, 5.41) is 5.51. The van der Waals surface area contributed by atoms with Gasteiger partial charge in [-0.2, -0.15) is 0 Å². The van der Waals surface area contributed by atoms with Crippen molar-refractivity contribution in [2.24, 2.45) is 0 Å². The van der Waals surface area contributed by atoms with E-state index in [-0.39, 0.29) is 17.9 Å². The van der Waals surface area contributed by atoms with Crippen molar-refractivity contribution in [1.29, 1.82) is 0 Å². The second-order valence-electron chi connectivity index (χ2n) is 6.14. The quantitative estimate of drug-likeness (QED) is 0.744. The molecule has 2 heterocycles. The van der Waals surface area contributed by atoms with Gasteiger partial charge in [0, 0.05) is 39.0 Å². The van der Waals surface area contributed by atoms with Gasteiger partial charge in [-0.05, 0) is 25.0 Å². The number of amides is 3. The van der Waals surface area contributed by atoms with Gasteiger partial charge in [0.15, 0.2) is 0 Å². The number of aromatic nitrogens is 2. The van der Waals surface area contributed by atoms with E-state index in [1.165, 1.54) is 6.92 Å². The van der Waals surface area contributed by atoms with Gasteiger partial charge in [-0.1, -0.05) is 12.1 Å². The molecule has 1 aliphatic heterocycles.